The van der Waals surface area contributed by atoms with Crippen LogP contribution in [0.5, 0.6) is 0 Å². The van der Waals surface area contributed by atoms with Crippen LogP contribution in [0.1, 0.15) is 49.2 Å². The van der Waals surface area contributed by atoms with E-state index in [9.17, 15) is 0 Å². The number of aryl methyl sites for hydroxylation is 1. The van der Waals surface area contributed by atoms with Gasteiger partial charge in [-0.3, -0.25) is 4.90 Å². The standard InChI is InChI=1S/C19H25N3/c1-2-19-20-12-10-18(21-19)15-22-13-6-9-17(11-14-22)16-7-4-3-5-8-16/h3-5,7-8,10,12,17H,2,6,9,11,13-15H2,1H3. The van der Waals surface area contributed by atoms with Gasteiger partial charge in [-0.1, -0.05) is 37.3 Å². The summed E-state index contributed by atoms with van der Waals surface area (Å²) < 4.78 is 0. The summed E-state index contributed by atoms with van der Waals surface area (Å²) >= 11 is 0. The van der Waals surface area contributed by atoms with E-state index in [2.05, 4.69) is 58.2 Å². The number of benzene rings is 1. The molecule has 0 N–H and O–H groups in total. The third-order valence-electron chi connectivity index (χ3n) is 4.56. The fraction of sp³-hybridized carbons (Fsp3) is 0.474. The van der Waals surface area contributed by atoms with Gasteiger partial charge in [-0.05, 0) is 49.9 Å². The topological polar surface area (TPSA) is 29.0 Å². The van der Waals surface area contributed by atoms with Gasteiger partial charge < -0.3 is 0 Å². The molecule has 0 bridgehead atoms. The zero-order chi connectivity index (χ0) is 15.2. The van der Waals surface area contributed by atoms with Crippen LogP contribution in [-0.2, 0) is 13.0 Å². The number of nitrogens with zero attached hydrogens (tertiary/aromatic N) is 3. The molecule has 1 saturated heterocycles. The summed E-state index contributed by atoms with van der Waals surface area (Å²) in [5.41, 5.74) is 2.66. The van der Waals surface area contributed by atoms with Crippen LogP contribution >= 0.6 is 0 Å². The van der Waals surface area contributed by atoms with E-state index in [1.165, 1.54) is 31.4 Å². The summed E-state index contributed by atoms with van der Waals surface area (Å²) in [4.78, 5) is 11.5. The maximum atomic E-state index is 4.64. The zero-order valence-corrected chi connectivity index (χ0v) is 13.4. The Labute approximate surface area is 133 Å². The van der Waals surface area contributed by atoms with Crippen molar-refractivity contribution in [3.05, 3.63) is 59.7 Å². The van der Waals surface area contributed by atoms with Crippen molar-refractivity contribution in [3.8, 4) is 0 Å². The maximum Gasteiger partial charge on any atom is 0.128 e. The molecule has 0 aliphatic carbocycles. The van der Waals surface area contributed by atoms with Gasteiger partial charge in [0.1, 0.15) is 5.82 Å². The number of likely N-dealkylation sites (tertiary alicyclic amines) is 1. The van der Waals surface area contributed by atoms with E-state index in [0.717, 1.165) is 31.0 Å². The minimum atomic E-state index is 0.711. The number of rotatable bonds is 4. The maximum absolute atomic E-state index is 4.64. The predicted octanol–water partition coefficient (Wildman–Crippen LogP) is 3.81. The summed E-state index contributed by atoms with van der Waals surface area (Å²) in [5, 5.41) is 0. The summed E-state index contributed by atoms with van der Waals surface area (Å²) in [7, 11) is 0. The van der Waals surface area contributed by atoms with Gasteiger partial charge in [0.25, 0.3) is 0 Å². The Morgan fingerprint density at radius 2 is 1.95 bits per heavy atom. The van der Waals surface area contributed by atoms with Crippen LogP contribution in [-0.4, -0.2) is 28.0 Å². The van der Waals surface area contributed by atoms with Crippen molar-refractivity contribution in [2.75, 3.05) is 13.1 Å². The van der Waals surface area contributed by atoms with Crippen molar-refractivity contribution in [1.29, 1.82) is 0 Å². The van der Waals surface area contributed by atoms with Gasteiger partial charge in [-0.2, -0.15) is 0 Å². The van der Waals surface area contributed by atoms with Crippen LogP contribution in [0.3, 0.4) is 0 Å². The summed E-state index contributed by atoms with van der Waals surface area (Å²) in [6.45, 7) is 5.40. The van der Waals surface area contributed by atoms with Gasteiger partial charge >= 0.3 is 0 Å². The highest BCUT2D eigenvalue weighted by Crippen LogP contribution is 2.28. The molecule has 2 aromatic rings. The molecule has 1 aromatic carbocycles. The van der Waals surface area contributed by atoms with Crippen molar-refractivity contribution in [2.24, 2.45) is 0 Å². The molecule has 0 spiro atoms. The first kappa shape index (κ1) is 15.2. The molecule has 0 radical (unpaired) electrons. The number of hydrogen-bond acceptors (Lipinski definition) is 3. The smallest absolute Gasteiger partial charge is 0.128 e. The van der Waals surface area contributed by atoms with Crippen molar-refractivity contribution < 1.29 is 0 Å². The summed E-state index contributed by atoms with van der Waals surface area (Å²) in [6, 6.07) is 13.0. The fourth-order valence-electron chi connectivity index (χ4n) is 3.30. The molecule has 116 valence electrons. The van der Waals surface area contributed by atoms with Crippen LogP contribution in [0.4, 0.5) is 0 Å². The second-order valence-corrected chi connectivity index (χ2v) is 6.13. The van der Waals surface area contributed by atoms with E-state index in [1.807, 2.05) is 6.20 Å². The lowest BCUT2D eigenvalue weighted by Gasteiger charge is -2.20. The molecule has 0 saturated carbocycles. The van der Waals surface area contributed by atoms with E-state index >= 15 is 0 Å². The molecule has 0 amide bonds. The second kappa shape index (κ2) is 7.50. The largest absolute Gasteiger partial charge is 0.297 e. The molecule has 3 nitrogen and oxygen atoms in total. The lowest BCUT2D eigenvalue weighted by Crippen LogP contribution is -2.25. The van der Waals surface area contributed by atoms with Crippen LogP contribution in [0.25, 0.3) is 0 Å². The lowest BCUT2D eigenvalue weighted by molar-refractivity contribution is 0.272. The first-order valence-corrected chi connectivity index (χ1v) is 8.43. The molecule has 22 heavy (non-hydrogen) atoms. The van der Waals surface area contributed by atoms with Gasteiger partial charge in [0, 0.05) is 19.2 Å². The summed E-state index contributed by atoms with van der Waals surface area (Å²) in [5.74, 6) is 1.66. The Bertz CT molecular complexity index is 582. The average molecular weight is 295 g/mol. The van der Waals surface area contributed by atoms with E-state index in [0.29, 0.717) is 5.92 Å². The van der Waals surface area contributed by atoms with Gasteiger partial charge in [0.05, 0.1) is 5.69 Å². The summed E-state index contributed by atoms with van der Waals surface area (Å²) in [6.07, 6.45) is 6.61. The van der Waals surface area contributed by atoms with Crippen LogP contribution in [0.15, 0.2) is 42.6 Å². The van der Waals surface area contributed by atoms with Crippen molar-refractivity contribution in [3.63, 3.8) is 0 Å². The normalized spacial score (nSPS) is 19.8. The third-order valence-corrected chi connectivity index (χ3v) is 4.56. The Hall–Kier alpha value is -1.74. The van der Waals surface area contributed by atoms with Crippen molar-refractivity contribution in [1.82, 2.24) is 14.9 Å². The molecular formula is C19H25N3. The Kier molecular flexibility index (Phi) is 5.17. The van der Waals surface area contributed by atoms with Crippen LogP contribution in [0.2, 0.25) is 0 Å². The lowest BCUT2D eigenvalue weighted by atomic mass is 9.92. The second-order valence-electron chi connectivity index (χ2n) is 6.13. The first-order valence-electron chi connectivity index (χ1n) is 8.43. The highest BCUT2D eigenvalue weighted by atomic mass is 15.1. The Morgan fingerprint density at radius 1 is 1.09 bits per heavy atom. The fourth-order valence-corrected chi connectivity index (χ4v) is 3.30. The molecule has 2 heterocycles. The van der Waals surface area contributed by atoms with Crippen LogP contribution in [0, 0.1) is 0 Å². The highest BCUT2D eigenvalue weighted by molar-refractivity contribution is 5.19. The molecule has 3 rings (SSSR count). The molecule has 1 atom stereocenters. The molecular weight excluding hydrogens is 270 g/mol. The van der Waals surface area contributed by atoms with E-state index in [4.69, 9.17) is 0 Å². The predicted molar refractivity (Wildman–Crippen MR) is 89.7 cm³/mol. The average Bonchev–Trinajstić information content (AvgIpc) is 2.81. The monoisotopic (exact) mass is 295 g/mol. The Balaban J connectivity index is 1.60. The SMILES string of the molecule is CCc1nccc(CN2CCCC(c3ccccc3)CC2)n1. The van der Waals surface area contributed by atoms with Gasteiger partial charge in [0.2, 0.25) is 0 Å². The van der Waals surface area contributed by atoms with E-state index in [-0.39, 0.29) is 0 Å². The van der Waals surface area contributed by atoms with Crippen LogP contribution < -0.4 is 0 Å². The molecule has 1 aromatic heterocycles. The molecule has 3 heteroatoms. The number of hydrogen-bond donors (Lipinski definition) is 0. The van der Waals surface area contributed by atoms with Gasteiger partial charge in [-0.15, -0.1) is 0 Å². The van der Waals surface area contributed by atoms with Gasteiger partial charge in [-0.25, -0.2) is 9.97 Å². The van der Waals surface area contributed by atoms with Gasteiger partial charge in [0.15, 0.2) is 0 Å². The number of aromatic nitrogens is 2. The van der Waals surface area contributed by atoms with Crippen molar-refractivity contribution >= 4 is 0 Å². The quantitative estimate of drug-likeness (QED) is 0.859. The molecule has 1 unspecified atom stereocenters. The molecule has 1 aliphatic heterocycles. The molecule has 1 aliphatic rings. The minimum Gasteiger partial charge on any atom is -0.297 e. The Morgan fingerprint density at radius 3 is 2.77 bits per heavy atom. The zero-order valence-electron chi connectivity index (χ0n) is 13.4. The first-order chi connectivity index (χ1) is 10.8. The highest BCUT2D eigenvalue weighted by Gasteiger charge is 2.18. The molecule has 1 fully saturated rings. The van der Waals surface area contributed by atoms with Crippen molar-refractivity contribution in [2.45, 2.75) is 45.1 Å². The van der Waals surface area contributed by atoms with E-state index < -0.39 is 0 Å². The van der Waals surface area contributed by atoms with E-state index in [1.54, 1.807) is 0 Å². The minimum absolute atomic E-state index is 0.711. The third kappa shape index (κ3) is 3.92.